The summed E-state index contributed by atoms with van der Waals surface area (Å²) in [5, 5.41) is 0. The first-order chi connectivity index (χ1) is 12.2. The molecule has 0 heterocycles. The molecule has 0 amide bonds. The van der Waals surface area contributed by atoms with E-state index in [1.807, 2.05) is 0 Å². The van der Waals surface area contributed by atoms with Gasteiger partial charge in [0, 0.05) is 5.41 Å². The highest BCUT2D eigenvalue weighted by Crippen LogP contribution is 2.51. The van der Waals surface area contributed by atoms with Crippen LogP contribution >= 0.6 is 0 Å². The van der Waals surface area contributed by atoms with E-state index in [1.165, 1.54) is 49.7 Å². The Bertz CT molecular complexity index is 798. The molecule has 0 spiro atoms. The molecule has 2 aliphatic rings. The molecule has 2 aliphatic carbocycles. The molecule has 0 unspecified atom stereocenters. The van der Waals surface area contributed by atoms with E-state index in [0.29, 0.717) is 5.41 Å². The van der Waals surface area contributed by atoms with Gasteiger partial charge in [-0.1, -0.05) is 88.6 Å². The lowest BCUT2D eigenvalue weighted by Gasteiger charge is -2.43. The van der Waals surface area contributed by atoms with Crippen molar-refractivity contribution in [3.05, 3.63) is 70.3 Å². The van der Waals surface area contributed by atoms with Crippen molar-refractivity contribution in [1.29, 1.82) is 0 Å². The molecule has 1 saturated carbocycles. The molecule has 0 nitrogen and oxygen atoms in total. The predicted molar refractivity (Wildman–Crippen MR) is 112 cm³/mol. The van der Waals surface area contributed by atoms with Gasteiger partial charge >= 0.3 is 0 Å². The number of rotatable bonds is 2. The number of hydrogen-bond donors (Lipinski definition) is 0. The Morgan fingerprint density at radius 1 is 0.615 bits per heavy atom. The Morgan fingerprint density at radius 3 is 1.77 bits per heavy atom. The van der Waals surface area contributed by atoms with Crippen LogP contribution in [0.2, 0.25) is 0 Å². The van der Waals surface area contributed by atoms with Gasteiger partial charge in [-0.15, -0.1) is 0 Å². The summed E-state index contributed by atoms with van der Waals surface area (Å²) in [5.41, 5.74) is 8.43. The maximum atomic E-state index is 2.60. The molecule has 1 fully saturated rings. The first-order valence-corrected chi connectivity index (χ1v) is 10.5. The van der Waals surface area contributed by atoms with Crippen molar-refractivity contribution in [2.24, 2.45) is 0 Å². The van der Waals surface area contributed by atoms with Crippen LogP contribution in [0.1, 0.15) is 94.0 Å². The molecule has 0 radical (unpaired) electrons. The molecule has 0 saturated heterocycles. The third kappa shape index (κ3) is 2.73. The smallest absolute Gasteiger partial charge is 0.0203 e. The summed E-state index contributed by atoms with van der Waals surface area (Å²) in [7, 11) is 0. The largest absolute Gasteiger partial charge is 0.0590 e. The monoisotopic (exact) mass is 346 g/mol. The lowest BCUT2D eigenvalue weighted by atomic mass is 9.61. The van der Waals surface area contributed by atoms with Gasteiger partial charge in [-0.3, -0.25) is 0 Å². The van der Waals surface area contributed by atoms with Gasteiger partial charge in [0.2, 0.25) is 0 Å². The van der Waals surface area contributed by atoms with Crippen molar-refractivity contribution >= 4 is 0 Å². The summed E-state index contributed by atoms with van der Waals surface area (Å²) in [6, 6.07) is 16.9. The van der Waals surface area contributed by atoms with E-state index in [1.54, 1.807) is 16.7 Å². The Hall–Kier alpha value is -1.56. The molecule has 0 aromatic heterocycles. The summed E-state index contributed by atoms with van der Waals surface area (Å²) < 4.78 is 0. The van der Waals surface area contributed by atoms with Gasteiger partial charge in [-0.05, 0) is 65.7 Å². The van der Waals surface area contributed by atoms with Crippen molar-refractivity contribution in [1.82, 2.24) is 0 Å². The molecular weight excluding hydrogens is 312 g/mol. The third-order valence-electron chi connectivity index (χ3n) is 7.47. The molecule has 0 N–H and O–H groups in total. The minimum Gasteiger partial charge on any atom is -0.0590 e. The lowest BCUT2D eigenvalue weighted by molar-refractivity contribution is 0.331. The molecule has 4 rings (SSSR count). The minimum absolute atomic E-state index is 0.223. The maximum Gasteiger partial charge on any atom is 0.0203 e. The van der Waals surface area contributed by atoms with E-state index in [-0.39, 0.29) is 10.8 Å². The van der Waals surface area contributed by atoms with Crippen molar-refractivity contribution in [3.8, 4) is 0 Å². The summed E-state index contributed by atoms with van der Waals surface area (Å²) in [6.45, 7) is 11.9. The van der Waals surface area contributed by atoms with E-state index in [9.17, 15) is 0 Å². The van der Waals surface area contributed by atoms with Crippen LogP contribution in [0.15, 0.2) is 42.5 Å². The van der Waals surface area contributed by atoms with E-state index in [4.69, 9.17) is 0 Å². The molecular formula is C26H34. The fraction of sp³-hybridized carbons (Fsp3) is 0.538. The SMILES string of the molecule is Cc1ccc(C2(c3ccc4c(c3)C(C)(C)CCC4(C)C)CCCC2)cc1. The first-order valence-electron chi connectivity index (χ1n) is 10.5. The molecule has 0 bridgehead atoms. The zero-order chi connectivity index (χ0) is 18.6. The Balaban J connectivity index is 1.88. The quantitative estimate of drug-likeness (QED) is 0.539. The number of fused-ring (bicyclic) bond motifs is 1. The molecule has 0 heteroatoms. The van der Waals surface area contributed by atoms with Crippen molar-refractivity contribution in [3.63, 3.8) is 0 Å². The summed E-state index contributed by atoms with van der Waals surface area (Å²) in [6.07, 6.45) is 7.85. The second-order valence-corrected chi connectivity index (χ2v) is 10.2. The normalized spacial score (nSPS) is 22.8. The topological polar surface area (TPSA) is 0 Å². The summed E-state index contributed by atoms with van der Waals surface area (Å²) in [4.78, 5) is 0. The lowest BCUT2D eigenvalue weighted by Crippen LogP contribution is -2.35. The molecule has 0 aliphatic heterocycles. The van der Waals surface area contributed by atoms with Crippen LogP contribution in [0.4, 0.5) is 0 Å². The highest BCUT2D eigenvalue weighted by Gasteiger charge is 2.41. The third-order valence-corrected chi connectivity index (χ3v) is 7.47. The molecule has 26 heavy (non-hydrogen) atoms. The number of benzene rings is 2. The van der Waals surface area contributed by atoms with Crippen LogP contribution in [-0.4, -0.2) is 0 Å². The highest BCUT2D eigenvalue weighted by atomic mass is 14.4. The van der Waals surface area contributed by atoms with Gasteiger partial charge in [0.05, 0.1) is 0 Å². The zero-order valence-electron chi connectivity index (χ0n) is 17.3. The summed E-state index contributed by atoms with van der Waals surface area (Å²) >= 11 is 0. The van der Waals surface area contributed by atoms with Crippen molar-refractivity contribution < 1.29 is 0 Å². The van der Waals surface area contributed by atoms with E-state index in [0.717, 1.165) is 0 Å². The van der Waals surface area contributed by atoms with E-state index in [2.05, 4.69) is 77.1 Å². The first kappa shape index (κ1) is 17.8. The van der Waals surface area contributed by atoms with E-state index >= 15 is 0 Å². The van der Waals surface area contributed by atoms with Crippen LogP contribution in [0.25, 0.3) is 0 Å². The van der Waals surface area contributed by atoms with Gasteiger partial charge in [-0.2, -0.15) is 0 Å². The summed E-state index contributed by atoms with van der Waals surface area (Å²) in [5.74, 6) is 0. The second kappa shape index (κ2) is 5.98. The van der Waals surface area contributed by atoms with E-state index < -0.39 is 0 Å². The van der Waals surface area contributed by atoms with Crippen LogP contribution in [0, 0.1) is 6.92 Å². The van der Waals surface area contributed by atoms with Gasteiger partial charge in [-0.25, -0.2) is 0 Å². The van der Waals surface area contributed by atoms with Crippen LogP contribution in [0.3, 0.4) is 0 Å². The predicted octanol–water partition coefficient (Wildman–Crippen LogP) is 7.20. The van der Waals surface area contributed by atoms with Crippen molar-refractivity contribution in [2.75, 3.05) is 0 Å². The Labute approximate surface area is 160 Å². The standard InChI is InChI=1S/C26H34/c1-19-8-10-20(11-9-19)26(14-6-7-15-26)21-12-13-22-23(18-21)25(4,5)17-16-24(22,2)3/h8-13,18H,6-7,14-17H2,1-5H3. The molecule has 2 aromatic carbocycles. The van der Waals surface area contributed by atoms with Crippen LogP contribution in [0.5, 0.6) is 0 Å². The van der Waals surface area contributed by atoms with Gasteiger partial charge in [0.15, 0.2) is 0 Å². The fourth-order valence-corrected chi connectivity index (χ4v) is 5.48. The van der Waals surface area contributed by atoms with Gasteiger partial charge in [0.25, 0.3) is 0 Å². The zero-order valence-corrected chi connectivity index (χ0v) is 17.3. The molecule has 138 valence electrons. The Morgan fingerprint density at radius 2 is 1.15 bits per heavy atom. The maximum absolute atomic E-state index is 2.60. The average molecular weight is 347 g/mol. The second-order valence-electron chi connectivity index (χ2n) is 10.2. The Kier molecular flexibility index (Phi) is 4.10. The molecule has 0 atom stereocenters. The minimum atomic E-state index is 0.223. The molecule has 2 aromatic rings. The fourth-order valence-electron chi connectivity index (χ4n) is 5.48. The van der Waals surface area contributed by atoms with Crippen molar-refractivity contribution in [2.45, 2.75) is 89.4 Å². The van der Waals surface area contributed by atoms with Gasteiger partial charge in [0.1, 0.15) is 0 Å². The highest BCUT2D eigenvalue weighted by molar-refractivity contribution is 5.49. The number of hydrogen-bond acceptors (Lipinski definition) is 0. The average Bonchev–Trinajstić information content (AvgIpc) is 3.10. The van der Waals surface area contributed by atoms with Gasteiger partial charge < -0.3 is 0 Å². The number of aryl methyl sites for hydroxylation is 1. The van der Waals surface area contributed by atoms with Crippen LogP contribution < -0.4 is 0 Å². The van der Waals surface area contributed by atoms with Crippen LogP contribution in [-0.2, 0) is 16.2 Å².